The lowest BCUT2D eigenvalue weighted by molar-refractivity contribution is -0.144. The predicted molar refractivity (Wildman–Crippen MR) is 292 cm³/mol. The third-order valence-corrected chi connectivity index (χ3v) is 14.9. The Kier molecular flexibility index (Phi) is 17.7. The molecule has 6 aromatic rings. The average Bonchev–Trinajstić information content (AvgIpc) is 4.32. The molecule has 2 aliphatic rings. The molecule has 1 fully saturated rings. The van der Waals surface area contributed by atoms with E-state index in [0.717, 1.165) is 38.2 Å². The summed E-state index contributed by atoms with van der Waals surface area (Å²) in [6.45, 7) is 13.2. The molecule has 5 N–H and O–H groups in total. The second kappa shape index (κ2) is 24.2. The zero-order chi connectivity index (χ0) is 55.2. The molecule has 14 nitrogen and oxygen atoms in total. The van der Waals surface area contributed by atoms with Crippen LogP contribution in [0.5, 0.6) is 5.75 Å². The molecule has 77 heavy (non-hydrogen) atoms. The van der Waals surface area contributed by atoms with Gasteiger partial charge >= 0.3 is 0 Å². The summed E-state index contributed by atoms with van der Waals surface area (Å²) in [7, 11) is 0. The number of aromatic amines is 1. The predicted octanol–water partition coefficient (Wildman–Crippen LogP) is 8.54. The Morgan fingerprint density at radius 3 is 2.31 bits per heavy atom. The molecule has 0 aliphatic carbocycles. The summed E-state index contributed by atoms with van der Waals surface area (Å²) in [6, 6.07) is 21.8. The number of thiazole rings is 1. The maximum Gasteiger partial charge on any atom is 0.246 e. The number of H-pyrrole nitrogens is 1. The van der Waals surface area contributed by atoms with E-state index in [2.05, 4.69) is 25.9 Å². The molecule has 0 unspecified atom stereocenters. The Labute approximate surface area is 451 Å². The number of aliphatic hydroxyl groups excluding tert-OH is 1. The number of benzene rings is 4. The number of hydrogen-bond acceptors (Lipinski definition) is 10. The Hall–Kier alpha value is -6.86. The number of ether oxygens (including phenoxy) is 2. The highest BCUT2D eigenvalue weighted by molar-refractivity contribution is 7.13. The van der Waals surface area contributed by atoms with Gasteiger partial charge in [-0.2, -0.15) is 0 Å². The lowest BCUT2D eigenvalue weighted by atomic mass is 9.85. The highest BCUT2D eigenvalue weighted by atomic mass is 32.1. The van der Waals surface area contributed by atoms with Gasteiger partial charge in [0, 0.05) is 66.9 Å². The first-order chi connectivity index (χ1) is 36.6. The van der Waals surface area contributed by atoms with Crippen LogP contribution in [0.1, 0.15) is 93.2 Å². The van der Waals surface area contributed by atoms with Gasteiger partial charge in [0.2, 0.25) is 23.6 Å². The lowest BCUT2D eigenvalue weighted by Gasteiger charge is -2.43. The van der Waals surface area contributed by atoms with Crippen LogP contribution in [0.3, 0.4) is 0 Å². The minimum atomic E-state index is -1.63. The summed E-state index contributed by atoms with van der Waals surface area (Å²) in [5.74, 6) is -2.78. The molecule has 4 heterocycles. The molecule has 2 aromatic heterocycles. The van der Waals surface area contributed by atoms with Crippen molar-refractivity contribution in [3.05, 3.63) is 147 Å². The van der Waals surface area contributed by atoms with E-state index in [-0.39, 0.29) is 87.8 Å². The fourth-order valence-corrected chi connectivity index (χ4v) is 11.0. The summed E-state index contributed by atoms with van der Waals surface area (Å²) in [5.41, 5.74) is 5.39. The molecule has 5 atom stereocenters. The molecule has 18 heteroatoms. The molecule has 0 bridgehead atoms. The molecular formula is C59H68F3N7O7S. The second-order valence-corrected chi connectivity index (χ2v) is 22.5. The van der Waals surface area contributed by atoms with Gasteiger partial charge in [-0.3, -0.25) is 24.1 Å². The normalized spacial score (nSPS) is 18.4. The number of para-hydroxylation sites is 1. The van der Waals surface area contributed by atoms with E-state index in [1.807, 2.05) is 88.0 Å². The fourth-order valence-electron chi connectivity index (χ4n) is 10.1. The van der Waals surface area contributed by atoms with Crippen molar-refractivity contribution in [1.29, 1.82) is 0 Å². The van der Waals surface area contributed by atoms with Crippen LogP contribution in [-0.2, 0) is 43.3 Å². The van der Waals surface area contributed by atoms with Crippen LogP contribution in [0, 0.1) is 24.0 Å². The highest BCUT2D eigenvalue weighted by Gasteiger charge is 2.45. The largest absolute Gasteiger partial charge is 0.491 e. The number of aliphatic hydroxyl groups is 1. The number of aromatic nitrogens is 2. The van der Waals surface area contributed by atoms with Crippen molar-refractivity contribution >= 4 is 51.9 Å². The number of β-amino-alcohol motifs (C(OH)–C–C–N with tert-alkyl or cyclic N) is 1. The fraction of sp³-hybridized carbons (Fsp3) is 0.407. The number of carbonyl (C=O) groups is 4. The standard InChI is InChI=1S/C59H68F3N7O7S/c1-35-26-44-43-10-8-9-11-47(43)66-52(44)53(69(35)33-59(6,7)62)51-45(60)27-39(28-46(51)61)16-21-49(71)63-22-23-75-24-25-76-42-19-14-37(15-20-42)29-50(72)67-55(58(3,4)5)57(74)68-32-41(70)30-48(68)56(73)64-31-38-12-17-40(18-13-38)54-36(2)65-34-77-54/h8-21,27-28,34-35,41,48,53,55,66,70H,22-26,29-33H2,1-7H3,(H,63,71)(H,64,73)(H,67,72)/b21-16+/t35-,41-,48+,53-,55-/m1/s1. The van der Waals surface area contributed by atoms with E-state index < -0.39 is 58.8 Å². The van der Waals surface area contributed by atoms with Crippen molar-refractivity contribution in [2.75, 3.05) is 39.5 Å². The maximum absolute atomic E-state index is 16.1. The van der Waals surface area contributed by atoms with Crippen LogP contribution >= 0.6 is 11.3 Å². The number of likely N-dealkylation sites (tertiary alicyclic amines) is 1. The van der Waals surface area contributed by atoms with Gasteiger partial charge in [0.15, 0.2) is 0 Å². The van der Waals surface area contributed by atoms with Gasteiger partial charge in [0.1, 0.15) is 41.7 Å². The van der Waals surface area contributed by atoms with Crippen molar-refractivity contribution in [3.63, 3.8) is 0 Å². The van der Waals surface area contributed by atoms with Crippen LogP contribution in [0.25, 0.3) is 27.4 Å². The molecule has 4 aromatic carbocycles. The van der Waals surface area contributed by atoms with Crippen molar-refractivity contribution in [2.24, 2.45) is 5.41 Å². The van der Waals surface area contributed by atoms with Crippen LogP contribution in [-0.4, -0.2) is 118 Å². The Bertz CT molecular complexity index is 3070. The third kappa shape index (κ3) is 14.0. The smallest absolute Gasteiger partial charge is 0.246 e. The molecule has 1 saturated heterocycles. The first-order valence-corrected chi connectivity index (χ1v) is 26.8. The Morgan fingerprint density at radius 2 is 1.64 bits per heavy atom. The van der Waals surface area contributed by atoms with Crippen LogP contribution in [0.15, 0.2) is 96.5 Å². The zero-order valence-electron chi connectivity index (χ0n) is 44.6. The van der Waals surface area contributed by atoms with Gasteiger partial charge < -0.3 is 40.4 Å². The number of amides is 4. The van der Waals surface area contributed by atoms with Crippen LogP contribution < -0.4 is 20.7 Å². The number of alkyl halides is 1. The summed E-state index contributed by atoms with van der Waals surface area (Å²) in [5, 5.41) is 20.1. The topological polar surface area (TPSA) is 178 Å². The number of rotatable bonds is 20. The molecule has 0 spiro atoms. The molecule has 2 aliphatic heterocycles. The Balaban J connectivity index is 0.759. The number of carbonyl (C=O) groups excluding carboxylic acids is 4. The van der Waals surface area contributed by atoms with Gasteiger partial charge in [0.25, 0.3) is 0 Å². The van der Waals surface area contributed by atoms with Crippen LogP contribution in [0.4, 0.5) is 13.2 Å². The summed E-state index contributed by atoms with van der Waals surface area (Å²) >= 11 is 1.56. The quantitative estimate of drug-likeness (QED) is 0.0370. The van der Waals surface area contributed by atoms with E-state index in [9.17, 15) is 24.3 Å². The second-order valence-electron chi connectivity index (χ2n) is 21.7. The average molecular weight is 1080 g/mol. The van der Waals surface area contributed by atoms with Crippen molar-refractivity contribution in [3.8, 4) is 16.2 Å². The lowest BCUT2D eigenvalue weighted by Crippen LogP contribution is -2.58. The van der Waals surface area contributed by atoms with Crippen molar-refractivity contribution < 1.29 is 46.9 Å². The molecular weight excluding hydrogens is 1010 g/mol. The van der Waals surface area contributed by atoms with Crippen LogP contribution in [0.2, 0.25) is 0 Å². The summed E-state index contributed by atoms with van der Waals surface area (Å²) in [6.07, 6.45) is 2.27. The van der Waals surface area contributed by atoms with Gasteiger partial charge in [-0.05, 0) is 104 Å². The van der Waals surface area contributed by atoms with E-state index in [4.69, 9.17) is 9.47 Å². The number of aryl methyl sites for hydroxylation is 1. The number of fused-ring (bicyclic) bond motifs is 3. The molecule has 0 saturated carbocycles. The first-order valence-electron chi connectivity index (χ1n) is 26.0. The van der Waals surface area contributed by atoms with Crippen molar-refractivity contribution in [1.82, 2.24) is 35.7 Å². The van der Waals surface area contributed by atoms with E-state index >= 15 is 13.2 Å². The molecule has 0 radical (unpaired) electrons. The van der Waals surface area contributed by atoms with Gasteiger partial charge in [0.05, 0.1) is 47.9 Å². The van der Waals surface area contributed by atoms with E-state index in [0.29, 0.717) is 23.4 Å². The maximum atomic E-state index is 16.1. The van der Waals surface area contributed by atoms with Gasteiger partial charge in [-0.15, -0.1) is 11.3 Å². The monoisotopic (exact) mass is 1080 g/mol. The SMILES string of the molecule is Cc1ncsc1-c1ccc(CNC(=O)[C@@H]2C[C@@H](O)CN2C(=O)[C@@H](NC(=O)Cc2ccc(OCCOCCNC(=O)/C=C/c3cc(F)c([C@@H]4c5[nH]c6ccccc6c5C[C@@H](C)N4CC(C)(C)F)c(F)c3)cc2)C(C)(C)C)cc1. The highest BCUT2D eigenvalue weighted by Crippen LogP contribution is 2.43. The number of halogens is 3. The number of nitrogens with one attached hydrogen (secondary N) is 4. The third-order valence-electron chi connectivity index (χ3n) is 13.9. The van der Waals surface area contributed by atoms with E-state index in [1.165, 1.54) is 43.0 Å². The minimum Gasteiger partial charge on any atom is -0.491 e. The minimum absolute atomic E-state index is 0.0225. The first kappa shape index (κ1) is 56.3. The Morgan fingerprint density at radius 1 is 0.935 bits per heavy atom. The van der Waals surface area contributed by atoms with Crippen molar-refractivity contribution in [2.45, 2.75) is 110 Å². The number of hydrogen-bond donors (Lipinski definition) is 5. The van der Waals surface area contributed by atoms with E-state index in [1.54, 1.807) is 41.1 Å². The van der Waals surface area contributed by atoms with Gasteiger partial charge in [-0.1, -0.05) is 75.4 Å². The summed E-state index contributed by atoms with van der Waals surface area (Å²) < 4.78 is 58.8. The molecule has 408 valence electrons. The molecule has 8 rings (SSSR count). The molecule has 4 amide bonds. The zero-order valence-corrected chi connectivity index (χ0v) is 45.4. The summed E-state index contributed by atoms with van der Waals surface area (Å²) in [4.78, 5) is 65.6. The van der Waals surface area contributed by atoms with Gasteiger partial charge in [-0.25, -0.2) is 18.2 Å². The number of nitrogens with zero attached hydrogens (tertiary/aromatic N) is 3.